The van der Waals surface area contributed by atoms with Crippen molar-refractivity contribution in [3.8, 4) is 10.6 Å². The number of halogens is 1. The molecule has 0 aliphatic carbocycles. The molecule has 4 heterocycles. The average Bonchev–Trinajstić information content (AvgIpc) is 3.77. The SMILES string of the molecule is CN(C(=O)Nc1ccc(F)cc1)c1ccc2c(c1)nc(NC(=O)c1ccc(-c3cnco3)s1)n2CCc1cccnc1. The van der Waals surface area contributed by atoms with E-state index in [1.165, 1.54) is 46.9 Å². The van der Waals surface area contributed by atoms with Gasteiger partial charge in [-0.3, -0.25) is 20.0 Å². The Labute approximate surface area is 243 Å². The van der Waals surface area contributed by atoms with Crippen LogP contribution in [0.15, 0.2) is 96.1 Å². The zero-order valence-electron chi connectivity index (χ0n) is 22.3. The molecule has 12 heteroatoms. The van der Waals surface area contributed by atoms with Gasteiger partial charge in [0.2, 0.25) is 5.95 Å². The van der Waals surface area contributed by atoms with Gasteiger partial charge < -0.3 is 14.3 Å². The summed E-state index contributed by atoms with van der Waals surface area (Å²) in [6.45, 7) is 0.534. The molecule has 0 bridgehead atoms. The van der Waals surface area contributed by atoms with E-state index < -0.39 is 6.03 Å². The van der Waals surface area contributed by atoms with Crippen molar-refractivity contribution < 1.29 is 18.4 Å². The molecule has 2 N–H and O–H groups in total. The molecule has 6 rings (SSSR count). The molecule has 0 aliphatic rings. The highest BCUT2D eigenvalue weighted by molar-refractivity contribution is 7.17. The fourth-order valence-electron chi connectivity index (χ4n) is 4.39. The second-order valence-corrected chi connectivity index (χ2v) is 10.4. The van der Waals surface area contributed by atoms with Crippen LogP contribution in [-0.4, -0.2) is 38.5 Å². The Morgan fingerprint density at radius 1 is 1.02 bits per heavy atom. The summed E-state index contributed by atoms with van der Waals surface area (Å²) in [7, 11) is 1.63. The molecular weight excluding hydrogens is 557 g/mol. The molecule has 210 valence electrons. The molecule has 0 saturated heterocycles. The molecule has 0 aliphatic heterocycles. The highest BCUT2D eigenvalue weighted by Crippen LogP contribution is 2.30. The second kappa shape index (κ2) is 11.6. The normalized spacial score (nSPS) is 11.0. The fraction of sp³-hybridized carbons (Fsp3) is 0.100. The molecule has 10 nitrogen and oxygen atoms in total. The highest BCUT2D eigenvalue weighted by atomic mass is 32.1. The Balaban J connectivity index is 1.27. The van der Waals surface area contributed by atoms with Gasteiger partial charge in [0.15, 0.2) is 12.2 Å². The molecule has 0 radical (unpaired) electrons. The summed E-state index contributed by atoms with van der Waals surface area (Å²) in [6, 6.07) is 18.0. The third-order valence-electron chi connectivity index (χ3n) is 6.60. The van der Waals surface area contributed by atoms with E-state index >= 15 is 0 Å². The van der Waals surface area contributed by atoms with Crippen LogP contribution in [-0.2, 0) is 13.0 Å². The first kappa shape index (κ1) is 26.8. The Hall–Kier alpha value is -5.36. The summed E-state index contributed by atoms with van der Waals surface area (Å²) in [5.74, 6) is 0.273. The van der Waals surface area contributed by atoms with E-state index in [2.05, 4.69) is 20.6 Å². The first-order valence-electron chi connectivity index (χ1n) is 12.9. The maximum atomic E-state index is 13.3. The molecule has 0 fully saturated rings. The number of hydrogen-bond donors (Lipinski definition) is 2. The van der Waals surface area contributed by atoms with E-state index in [0.717, 1.165) is 16.0 Å². The molecule has 0 saturated carbocycles. The van der Waals surface area contributed by atoms with Crippen LogP contribution in [0.5, 0.6) is 0 Å². The molecule has 6 aromatic rings. The van der Waals surface area contributed by atoms with Gasteiger partial charge >= 0.3 is 6.03 Å². The number of anilines is 3. The number of benzene rings is 2. The van der Waals surface area contributed by atoms with Gasteiger partial charge in [-0.25, -0.2) is 19.2 Å². The standard InChI is InChI=1S/C30H24FN7O3S/c1-37(30(40)34-21-6-4-20(31)5-7-21)22-8-9-24-23(15-22)35-29(38(24)14-12-19-3-2-13-32-16-19)36-28(39)27-11-10-26(42-27)25-17-33-18-41-25/h2-11,13,15-18H,12,14H2,1H3,(H,34,40)(H,35,36,39). The van der Waals surface area contributed by atoms with Gasteiger partial charge in [-0.15, -0.1) is 11.3 Å². The van der Waals surface area contributed by atoms with Crippen molar-refractivity contribution in [2.75, 3.05) is 22.6 Å². The maximum absolute atomic E-state index is 13.3. The largest absolute Gasteiger partial charge is 0.443 e. The van der Waals surface area contributed by atoms with Gasteiger partial charge in [-0.1, -0.05) is 6.07 Å². The molecule has 4 aromatic heterocycles. The summed E-state index contributed by atoms with van der Waals surface area (Å²) in [5, 5.41) is 5.71. The second-order valence-electron chi connectivity index (χ2n) is 9.35. The van der Waals surface area contributed by atoms with Crippen molar-refractivity contribution in [3.05, 3.63) is 108 Å². The van der Waals surface area contributed by atoms with E-state index in [0.29, 0.717) is 46.4 Å². The summed E-state index contributed by atoms with van der Waals surface area (Å²) in [4.78, 5) is 41.7. The highest BCUT2D eigenvalue weighted by Gasteiger charge is 2.19. The maximum Gasteiger partial charge on any atom is 0.326 e. The van der Waals surface area contributed by atoms with Gasteiger partial charge in [-0.05, 0) is 72.6 Å². The van der Waals surface area contributed by atoms with E-state index in [1.807, 2.05) is 34.9 Å². The third kappa shape index (κ3) is 5.74. The molecule has 42 heavy (non-hydrogen) atoms. The Morgan fingerprint density at radius 3 is 2.64 bits per heavy atom. The monoisotopic (exact) mass is 581 g/mol. The minimum atomic E-state index is -0.397. The summed E-state index contributed by atoms with van der Waals surface area (Å²) >= 11 is 1.29. The molecule has 0 unspecified atom stereocenters. The number of aromatic nitrogens is 4. The van der Waals surface area contributed by atoms with Crippen LogP contribution in [0, 0.1) is 5.82 Å². The predicted octanol–water partition coefficient (Wildman–Crippen LogP) is 6.45. The van der Waals surface area contributed by atoms with Crippen LogP contribution in [0.1, 0.15) is 15.2 Å². The predicted molar refractivity (Wildman–Crippen MR) is 159 cm³/mol. The number of imidazole rings is 1. The number of carbonyl (C=O) groups is 2. The smallest absolute Gasteiger partial charge is 0.326 e. The lowest BCUT2D eigenvalue weighted by molar-refractivity contribution is 0.102. The number of nitrogens with one attached hydrogen (secondary N) is 2. The van der Waals surface area contributed by atoms with Crippen molar-refractivity contribution in [2.45, 2.75) is 13.0 Å². The van der Waals surface area contributed by atoms with Gasteiger partial charge in [0.25, 0.3) is 5.91 Å². The number of amides is 3. The van der Waals surface area contributed by atoms with E-state index in [1.54, 1.807) is 37.8 Å². The van der Waals surface area contributed by atoms with Gasteiger partial charge in [0.1, 0.15) is 5.82 Å². The van der Waals surface area contributed by atoms with Crippen molar-refractivity contribution in [1.82, 2.24) is 19.5 Å². The van der Waals surface area contributed by atoms with Crippen molar-refractivity contribution >= 4 is 51.6 Å². The zero-order chi connectivity index (χ0) is 29.1. The van der Waals surface area contributed by atoms with Gasteiger partial charge in [0, 0.05) is 37.4 Å². The van der Waals surface area contributed by atoms with E-state index in [-0.39, 0.29) is 11.7 Å². The van der Waals surface area contributed by atoms with Crippen LogP contribution in [0.25, 0.3) is 21.7 Å². The van der Waals surface area contributed by atoms with Crippen LogP contribution in [0.4, 0.5) is 26.5 Å². The fourth-order valence-corrected chi connectivity index (χ4v) is 5.24. The quantitative estimate of drug-likeness (QED) is 0.213. The number of hydrogen-bond acceptors (Lipinski definition) is 7. The number of pyridine rings is 1. The van der Waals surface area contributed by atoms with Crippen molar-refractivity contribution in [2.24, 2.45) is 0 Å². The van der Waals surface area contributed by atoms with Crippen molar-refractivity contribution in [3.63, 3.8) is 0 Å². The van der Waals surface area contributed by atoms with E-state index in [9.17, 15) is 14.0 Å². The third-order valence-corrected chi connectivity index (χ3v) is 7.69. The topological polar surface area (TPSA) is 118 Å². The number of urea groups is 1. The van der Waals surface area contributed by atoms with E-state index in [4.69, 9.17) is 9.40 Å². The number of thiophene rings is 1. The number of aryl methyl sites for hydroxylation is 2. The van der Waals surface area contributed by atoms with Gasteiger partial charge in [0.05, 0.1) is 27.0 Å². The van der Waals surface area contributed by atoms with Gasteiger partial charge in [-0.2, -0.15) is 0 Å². The summed E-state index contributed by atoms with van der Waals surface area (Å²) in [6.07, 6.45) is 7.14. The Kier molecular flexibility index (Phi) is 7.43. The average molecular weight is 582 g/mol. The number of rotatable bonds is 8. The summed E-state index contributed by atoms with van der Waals surface area (Å²) < 4.78 is 20.5. The lowest BCUT2D eigenvalue weighted by Crippen LogP contribution is -2.31. The Morgan fingerprint density at radius 2 is 1.88 bits per heavy atom. The van der Waals surface area contributed by atoms with Crippen LogP contribution in [0.2, 0.25) is 0 Å². The molecule has 0 spiro atoms. The molecule has 0 atom stereocenters. The molecule has 3 amide bonds. The lowest BCUT2D eigenvalue weighted by atomic mass is 10.2. The zero-order valence-corrected chi connectivity index (χ0v) is 23.1. The first-order valence-corrected chi connectivity index (χ1v) is 13.8. The Bertz CT molecular complexity index is 1850. The molecule has 2 aromatic carbocycles. The minimum Gasteiger partial charge on any atom is -0.443 e. The number of carbonyl (C=O) groups excluding carboxylic acids is 2. The first-order chi connectivity index (χ1) is 20.4. The number of oxazole rings is 1. The minimum absolute atomic E-state index is 0.306. The molecular formula is C30H24FN7O3S. The lowest BCUT2D eigenvalue weighted by Gasteiger charge is -2.18. The van der Waals surface area contributed by atoms with Crippen molar-refractivity contribution in [1.29, 1.82) is 0 Å². The van der Waals surface area contributed by atoms with Crippen LogP contribution < -0.4 is 15.5 Å². The number of nitrogens with zero attached hydrogens (tertiary/aromatic N) is 5. The van der Waals surface area contributed by atoms with Crippen LogP contribution >= 0.6 is 11.3 Å². The van der Waals surface area contributed by atoms with Crippen LogP contribution in [0.3, 0.4) is 0 Å². The summed E-state index contributed by atoms with van der Waals surface area (Å²) in [5.41, 5.74) is 3.49. The number of fused-ring (bicyclic) bond motifs is 1.